The Morgan fingerprint density at radius 2 is 2.06 bits per heavy atom. The normalized spacial score (nSPS) is 14.4. The van der Waals surface area contributed by atoms with E-state index in [4.69, 9.17) is 5.11 Å². The number of carbonyl (C=O) groups is 1. The van der Waals surface area contributed by atoms with Crippen LogP contribution in [0.2, 0.25) is 0 Å². The van der Waals surface area contributed by atoms with Crippen LogP contribution in [0.1, 0.15) is 23.6 Å². The number of hydrogen-bond donors (Lipinski definition) is 1. The lowest BCUT2D eigenvalue weighted by atomic mass is 10.1. The van der Waals surface area contributed by atoms with Gasteiger partial charge in [0.25, 0.3) is 0 Å². The average molecular weight is 240 g/mol. The van der Waals surface area contributed by atoms with E-state index in [0.717, 1.165) is 16.7 Å². The minimum atomic E-state index is -1.36. The molecular weight excluding hydrogens is 224 g/mol. The molecule has 3 nitrogen and oxygen atoms in total. The molecule has 0 unspecified atom stereocenters. The second-order valence-corrected chi connectivity index (χ2v) is 5.69. The van der Waals surface area contributed by atoms with Gasteiger partial charge in [0.15, 0.2) is 0 Å². The van der Waals surface area contributed by atoms with Crippen molar-refractivity contribution in [2.24, 2.45) is 0 Å². The predicted octanol–water partition coefficient (Wildman–Crippen LogP) is 2.03. The first-order valence-corrected chi connectivity index (χ1v) is 6.46. The molecule has 0 aliphatic rings. The van der Waals surface area contributed by atoms with Gasteiger partial charge in [0.2, 0.25) is 0 Å². The largest absolute Gasteiger partial charge is 0.480 e. The molecule has 2 atom stereocenters. The number of aliphatic carboxylic acids is 1. The van der Waals surface area contributed by atoms with Crippen LogP contribution in [-0.4, -0.2) is 20.5 Å². The molecule has 88 valence electrons. The molecule has 0 amide bonds. The second kappa shape index (κ2) is 5.25. The number of rotatable bonds is 4. The van der Waals surface area contributed by atoms with Crippen molar-refractivity contribution in [2.75, 3.05) is 0 Å². The lowest BCUT2D eigenvalue weighted by Gasteiger charge is -2.09. The SMILES string of the molecule is Cc1ccc(C)c(C[S@](=O)[C@@H](C)C(=O)O)c1. The summed E-state index contributed by atoms with van der Waals surface area (Å²) in [6.45, 7) is 5.38. The third-order valence-electron chi connectivity index (χ3n) is 2.54. The molecule has 0 heterocycles. The fourth-order valence-corrected chi connectivity index (χ4v) is 2.44. The third-order valence-corrected chi connectivity index (χ3v) is 4.13. The highest BCUT2D eigenvalue weighted by Crippen LogP contribution is 2.14. The van der Waals surface area contributed by atoms with E-state index in [9.17, 15) is 9.00 Å². The van der Waals surface area contributed by atoms with Gasteiger partial charge in [-0.1, -0.05) is 23.8 Å². The van der Waals surface area contributed by atoms with Crippen molar-refractivity contribution in [3.8, 4) is 0 Å². The van der Waals surface area contributed by atoms with Crippen LogP contribution in [0.25, 0.3) is 0 Å². The number of carboxylic acids is 1. The quantitative estimate of drug-likeness (QED) is 0.876. The molecule has 1 aromatic carbocycles. The van der Waals surface area contributed by atoms with Crippen LogP contribution < -0.4 is 0 Å². The zero-order chi connectivity index (χ0) is 12.3. The van der Waals surface area contributed by atoms with Crippen LogP contribution in [0.4, 0.5) is 0 Å². The molecule has 0 aromatic heterocycles. The van der Waals surface area contributed by atoms with Crippen LogP contribution in [-0.2, 0) is 21.3 Å². The second-order valence-electron chi connectivity index (χ2n) is 3.94. The van der Waals surface area contributed by atoms with E-state index in [1.807, 2.05) is 32.0 Å². The summed E-state index contributed by atoms with van der Waals surface area (Å²) < 4.78 is 11.7. The first-order chi connectivity index (χ1) is 7.41. The van der Waals surface area contributed by atoms with E-state index in [2.05, 4.69) is 0 Å². The van der Waals surface area contributed by atoms with Crippen LogP contribution in [0.5, 0.6) is 0 Å². The summed E-state index contributed by atoms with van der Waals surface area (Å²) in [6.07, 6.45) is 0. The Hall–Kier alpha value is -1.16. The van der Waals surface area contributed by atoms with Crippen molar-refractivity contribution in [3.63, 3.8) is 0 Å². The third kappa shape index (κ3) is 3.17. The van der Waals surface area contributed by atoms with Crippen molar-refractivity contribution >= 4 is 16.8 Å². The maximum Gasteiger partial charge on any atom is 0.318 e. The molecule has 16 heavy (non-hydrogen) atoms. The maximum absolute atomic E-state index is 11.7. The van der Waals surface area contributed by atoms with Gasteiger partial charge in [-0.2, -0.15) is 0 Å². The molecule has 0 saturated heterocycles. The highest BCUT2D eigenvalue weighted by molar-refractivity contribution is 7.85. The molecule has 0 fully saturated rings. The minimum Gasteiger partial charge on any atom is -0.480 e. The Morgan fingerprint density at radius 3 is 2.62 bits per heavy atom. The van der Waals surface area contributed by atoms with Crippen LogP contribution in [0, 0.1) is 13.8 Å². The Balaban J connectivity index is 2.84. The van der Waals surface area contributed by atoms with Gasteiger partial charge in [-0.25, -0.2) is 0 Å². The van der Waals surface area contributed by atoms with E-state index >= 15 is 0 Å². The van der Waals surface area contributed by atoms with Crippen molar-refractivity contribution in [2.45, 2.75) is 31.8 Å². The summed E-state index contributed by atoms with van der Waals surface area (Å²) >= 11 is 0. The first kappa shape index (κ1) is 12.9. The maximum atomic E-state index is 11.7. The van der Waals surface area contributed by atoms with Gasteiger partial charge in [-0.3, -0.25) is 9.00 Å². The summed E-state index contributed by atoms with van der Waals surface area (Å²) in [7, 11) is -1.36. The zero-order valence-electron chi connectivity index (χ0n) is 9.69. The first-order valence-electron chi connectivity index (χ1n) is 5.08. The van der Waals surface area contributed by atoms with Crippen molar-refractivity contribution in [1.82, 2.24) is 0 Å². The summed E-state index contributed by atoms with van der Waals surface area (Å²) in [6, 6.07) is 5.91. The van der Waals surface area contributed by atoms with Crippen LogP contribution >= 0.6 is 0 Å². The van der Waals surface area contributed by atoms with Gasteiger partial charge in [-0.05, 0) is 31.9 Å². The van der Waals surface area contributed by atoms with E-state index < -0.39 is 22.0 Å². The van der Waals surface area contributed by atoms with Gasteiger partial charge in [-0.15, -0.1) is 0 Å². The Kier molecular flexibility index (Phi) is 4.24. The van der Waals surface area contributed by atoms with E-state index in [1.165, 1.54) is 6.92 Å². The molecule has 1 N–H and O–H groups in total. The minimum absolute atomic E-state index is 0.307. The monoisotopic (exact) mass is 240 g/mol. The molecule has 0 bridgehead atoms. The fourth-order valence-electron chi connectivity index (χ4n) is 1.35. The highest BCUT2D eigenvalue weighted by atomic mass is 32.2. The molecule has 0 aliphatic heterocycles. The van der Waals surface area contributed by atoms with Gasteiger partial charge >= 0.3 is 5.97 Å². The van der Waals surface area contributed by atoms with Gasteiger partial charge in [0, 0.05) is 16.6 Å². The summed E-state index contributed by atoms with van der Waals surface area (Å²) in [4.78, 5) is 10.7. The zero-order valence-corrected chi connectivity index (χ0v) is 10.5. The predicted molar refractivity (Wildman–Crippen MR) is 64.9 cm³/mol. The average Bonchev–Trinajstić information content (AvgIpc) is 2.22. The van der Waals surface area contributed by atoms with Gasteiger partial charge in [0.1, 0.15) is 5.25 Å². The number of aryl methyl sites for hydroxylation is 2. The van der Waals surface area contributed by atoms with Crippen molar-refractivity contribution in [1.29, 1.82) is 0 Å². The molecular formula is C12H16O3S. The molecule has 0 saturated carbocycles. The smallest absolute Gasteiger partial charge is 0.318 e. The number of hydrogen-bond acceptors (Lipinski definition) is 2. The van der Waals surface area contributed by atoms with Gasteiger partial charge < -0.3 is 5.11 Å². The summed E-state index contributed by atoms with van der Waals surface area (Å²) in [5, 5.41) is 7.94. The molecule has 1 aromatic rings. The standard InChI is InChI=1S/C12H16O3S/c1-8-4-5-9(2)11(6-8)7-16(15)10(3)12(13)14/h4-6,10H,7H2,1-3H3,(H,13,14)/t10-,16-/m0/s1. The van der Waals surface area contributed by atoms with Crippen molar-refractivity contribution in [3.05, 3.63) is 34.9 Å². The molecule has 1 rings (SSSR count). The number of carboxylic acid groups (broad SMARTS) is 1. The lowest BCUT2D eigenvalue weighted by Crippen LogP contribution is -2.23. The van der Waals surface area contributed by atoms with Crippen LogP contribution in [0.15, 0.2) is 18.2 Å². The van der Waals surface area contributed by atoms with Crippen molar-refractivity contribution < 1.29 is 14.1 Å². The summed E-state index contributed by atoms with van der Waals surface area (Å²) in [5.74, 6) is -0.704. The molecule has 0 aliphatic carbocycles. The Morgan fingerprint density at radius 1 is 1.44 bits per heavy atom. The Labute approximate surface area is 98.0 Å². The summed E-state index contributed by atoms with van der Waals surface area (Å²) in [5.41, 5.74) is 3.11. The fraction of sp³-hybridized carbons (Fsp3) is 0.417. The van der Waals surface area contributed by atoms with E-state index in [1.54, 1.807) is 0 Å². The van der Waals surface area contributed by atoms with E-state index in [0.29, 0.717) is 5.75 Å². The number of benzene rings is 1. The molecule has 4 heteroatoms. The molecule has 0 radical (unpaired) electrons. The van der Waals surface area contributed by atoms with Gasteiger partial charge in [0.05, 0.1) is 0 Å². The van der Waals surface area contributed by atoms with E-state index in [-0.39, 0.29) is 0 Å². The lowest BCUT2D eigenvalue weighted by molar-refractivity contribution is -0.136. The van der Waals surface area contributed by atoms with Crippen LogP contribution in [0.3, 0.4) is 0 Å². The topological polar surface area (TPSA) is 54.4 Å². The highest BCUT2D eigenvalue weighted by Gasteiger charge is 2.19. The Bertz CT molecular complexity index is 426. The molecule has 0 spiro atoms.